The van der Waals surface area contributed by atoms with Gasteiger partial charge in [0.2, 0.25) is 0 Å². The second-order valence-electron chi connectivity index (χ2n) is 6.65. The molecule has 0 unspecified atom stereocenters. The number of amides is 2. The molecule has 1 heterocycles. The monoisotopic (exact) mass is 393 g/mol. The highest BCUT2D eigenvalue weighted by Crippen LogP contribution is 2.19. The third kappa shape index (κ3) is 5.44. The average Bonchev–Trinajstić information content (AvgIpc) is 3.15. The number of aryl methyl sites for hydroxylation is 1. The van der Waals surface area contributed by atoms with E-state index in [4.69, 9.17) is 4.74 Å². The molecule has 29 heavy (non-hydrogen) atoms. The second kappa shape index (κ2) is 9.54. The van der Waals surface area contributed by atoms with Gasteiger partial charge in [-0.05, 0) is 43.5 Å². The minimum Gasteiger partial charge on any atom is -0.452 e. The third-order valence-electron chi connectivity index (χ3n) is 4.51. The van der Waals surface area contributed by atoms with Crippen molar-refractivity contribution in [1.29, 1.82) is 0 Å². The van der Waals surface area contributed by atoms with Crippen LogP contribution in [0.2, 0.25) is 0 Å². The first-order chi connectivity index (χ1) is 14.0. The second-order valence-corrected chi connectivity index (χ2v) is 6.65. The molecule has 0 aliphatic carbocycles. The summed E-state index contributed by atoms with van der Waals surface area (Å²) >= 11 is 0. The molecule has 2 amide bonds. The Morgan fingerprint density at radius 1 is 1.00 bits per heavy atom. The molecule has 0 spiro atoms. The molecule has 3 N–H and O–H groups in total. The number of rotatable bonds is 7. The SMILES string of the molecule is C[C@@H](OC(=O)CCCc1c[nH]c2ccccc12)C(=O)NNC(=O)c1ccccc1. The Kier molecular flexibility index (Phi) is 6.63. The number of ether oxygens (including phenoxy) is 1. The lowest BCUT2D eigenvalue weighted by atomic mass is 10.1. The third-order valence-corrected chi connectivity index (χ3v) is 4.51. The number of carbonyl (C=O) groups is 3. The highest BCUT2D eigenvalue weighted by atomic mass is 16.5. The molecule has 7 heteroatoms. The van der Waals surface area contributed by atoms with Crippen LogP contribution < -0.4 is 10.9 Å². The van der Waals surface area contributed by atoms with Crippen LogP contribution in [0.3, 0.4) is 0 Å². The van der Waals surface area contributed by atoms with E-state index >= 15 is 0 Å². The molecule has 1 aromatic heterocycles. The molecule has 3 rings (SSSR count). The van der Waals surface area contributed by atoms with E-state index in [1.54, 1.807) is 30.3 Å². The van der Waals surface area contributed by atoms with Gasteiger partial charge in [-0.3, -0.25) is 25.2 Å². The van der Waals surface area contributed by atoms with E-state index in [1.165, 1.54) is 6.92 Å². The lowest BCUT2D eigenvalue weighted by Crippen LogP contribution is -2.46. The predicted octanol–water partition coefficient (Wildman–Crippen LogP) is 2.88. The fourth-order valence-corrected chi connectivity index (χ4v) is 2.95. The summed E-state index contributed by atoms with van der Waals surface area (Å²) in [6, 6.07) is 16.5. The van der Waals surface area contributed by atoms with Crippen LogP contribution in [0.4, 0.5) is 0 Å². The molecular formula is C22H23N3O4. The van der Waals surface area contributed by atoms with Crippen molar-refractivity contribution in [2.24, 2.45) is 0 Å². The highest BCUT2D eigenvalue weighted by Gasteiger charge is 2.18. The summed E-state index contributed by atoms with van der Waals surface area (Å²) in [5.74, 6) is -1.50. The van der Waals surface area contributed by atoms with Gasteiger partial charge in [-0.2, -0.15) is 0 Å². The summed E-state index contributed by atoms with van der Waals surface area (Å²) < 4.78 is 5.15. The van der Waals surface area contributed by atoms with E-state index in [0.29, 0.717) is 12.0 Å². The first-order valence-electron chi connectivity index (χ1n) is 9.44. The van der Waals surface area contributed by atoms with Gasteiger partial charge in [-0.1, -0.05) is 36.4 Å². The number of aromatic amines is 1. The number of para-hydroxylation sites is 1. The van der Waals surface area contributed by atoms with Gasteiger partial charge >= 0.3 is 5.97 Å². The molecule has 0 saturated carbocycles. The van der Waals surface area contributed by atoms with Crippen LogP contribution in [0.5, 0.6) is 0 Å². The Labute approximate surface area is 168 Å². The fourth-order valence-electron chi connectivity index (χ4n) is 2.95. The fraction of sp³-hybridized carbons (Fsp3) is 0.227. The maximum atomic E-state index is 12.0. The minimum absolute atomic E-state index is 0.202. The Morgan fingerprint density at radius 2 is 1.72 bits per heavy atom. The summed E-state index contributed by atoms with van der Waals surface area (Å²) in [5.41, 5.74) is 7.18. The van der Waals surface area contributed by atoms with Crippen molar-refractivity contribution < 1.29 is 19.1 Å². The van der Waals surface area contributed by atoms with Crippen LogP contribution >= 0.6 is 0 Å². The molecule has 0 aliphatic heterocycles. The average molecular weight is 393 g/mol. The van der Waals surface area contributed by atoms with E-state index in [1.807, 2.05) is 30.5 Å². The zero-order valence-electron chi connectivity index (χ0n) is 16.1. The van der Waals surface area contributed by atoms with Crippen LogP contribution in [0.25, 0.3) is 10.9 Å². The zero-order chi connectivity index (χ0) is 20.6. The summed E-state index contributed by atoms with van der Waals surface area (Å²) in [6.07, 6.45) is 2.48. The van der Waals surface area contributed by atoms with Crippen LogP contribution in [0.15, 0.2) is 60.8 Å². The molecule has 1 atom stereocenters. The first kappa shape index (κ1) is 20.1. The van der Waals surface area contributed by atoms with E-state index in [9.17, 15) is 14.4 Å². The Bertz CT molecular complexity index is 997. The summed E-state index contributed by atoms with van der Waals surface area (Å²) in [5, 5.41) is 1.14. The lowest BCUT2D eigenvalue weighted by Gasteiger charge is -2.14. The van der Waals surface area contributed by atoms with Crippen molar-refractivity contribution in [3.05, 3.63) is 71.9 Å². The summed E-state index contributed by atoms with van der Waals surface area (Å²) in [4.78, 5) is 39.1. The Morgan fingerprint density at radius 3 is 2.52 bits per heavy atom. The van der Waals surface area contributed by atoms with Crippen LogP contribution in [-0.4, -0.2) is 28.9 Å². The quantitative estimate of drug-likeness (QED) is 0.424. The minimum atomic E-state index is -1.01. The van der Waals surface area contributed by atoms with Crippen molar-refractivity contribution in [2.45, 2.75) is 32.3 Å². The van der Waals surface area contributed by atoms with Crippen molar-refractivity contribution in [1.82, 2.24) is 15.8 Å². The number of hydrogen-bond donors (Lipinski definition) is 3. The van der Waals surface area contributed by atoms with Gasteiger partial charge in [-0.15, -0.1) is 0 Å². The van der Waals surface area contributed by atoms with Crippen molar-refractivity contribution in [2.75, 3.05) is 0 Å². The van der Waals surface area contributed by atoms with E-state index < -0.39 is 23.9 Å². The number of hydrazine groups is 1. The summed E-state index contributed by atoms with van der Waals surface area (Å²) in [6.45, 7) is 1.46. The Balaban J connectivity index is 1.39. The lowest BCUT2D eigenvalue weighted by molar-refractivity contribution is -0.155. The standard InChI is InChI=1S/C22H23N3O4/c1-15(21(27)24-25-22(28)16-8-3-2-4-9-16)29-20(26)13-7-10-17-14-23-19-12-6-5-11-18(17)19/h2-6,8-9,11-12,14-15,23H,7,10,13H2,1H3,(H,24,27)(H,25,28)/t15-/m1/s1. The number of hydrogen-bond acceptors (Lipinski definition) is 4. The van der Waals surface area contributed by atoms with E-state index in [0.717, 1.165) is 22.9 Å². The molecule has 0 fully saturated rings. The molecule has 3 aromatic rings. The van der Waals surface area contributed by atoms with Gasteiger partial charge in [0.15, 0.2) is 6.10 Å². The smallest absolute Gasteiger partial charge is 0.306 e. The van der Waals surface area contributed by atoms with Gasteiger partial charge in [0, 0.05) is 29.1 Å². The molecular weight excluding hydrogens is 370 g/mol. The molecule has 2 aromatic carbocycles. The van der Waals surface area contributed by atoms with Gasteiger partial charge in [-0.25, -0.2) is 0 Å². The molecule has 0 bridgehead atoms. The van der Waals surface area contributed by atoms with Gasteiger partial charge < -0.3 is 9.72 Å². The number of aromatic nitrogens is 1. The van der Waals surface area contributed by atoms with E-state index in [-0.39, 0.29) is 6.42 Å². The maximum absolute atomic E-state index is 12.0. The normalized spacial score (nSPS) is 11.6. The maximum Gasteiger partial charge on any atom is 0.306 e. The largest absolute Gasteiger partial charge is 0.452 e. The van der Waals surface area contributed by atoms with Crippen molar-refractivity contribution in [3.63, 3.8) is 0 Å². The predicted molar refractivity (Wildman–Crippen MR) is 109 cm³/mol. The first-order valence-corrected chi connectivity index (χ1v) is 9.44. The van der Waals surface area contributed by atoms with Gasteiger partial charge in [0.05, 0.1) is 0 Å². The highest BCUT2D eigenvalue weighted by molar-refractivity contribution is 5.95. The molecule has 0 aliphatic rings. The number of nitrogens with one attached hydrogen (secondary N) is 3. The number of H-pyrrole nitrogens is 1. The van der Waals surface area contributed by atoms with Crippen LogP contribution in [0, 0.1) is 0 Å². The van der Waals surface area contributed by atoms with Crippen LogP contribution in [-0.2, 0) is 20.7 Å². The Hall–Kier alpha value is -3.61. The number of esters is 1. The van der Waals surface area contributed by atoms with Gasteiger partial charge in [0.25, 0.3) is 11.8 Å². The number of fused-ring (bicyclic) bond motifs is 1. The molecule has 0 radical (unpaired) electrons. The van der Waals surface area contributed by atoms with Gasteiger partial charge in [0.1, 0.15) is 0 Å². The number of benzene rings is 2. The van der Waals surface area contributed by atoms with Crippen LogP contribution in [0.1, 0.15) is 35.7 Å². The molecule has 150 valence electrons. The van der Waals surface area contributed by atoms with Crippen molar-refractivity contribution in [3.8, 4) is 0 Å². The zero-order valence-corrected chi connectivity index (χ0v) is 16.1. The topological polar surface area (TPSA) is 100 Å². The molecule has 0 saturated heterocycles. The summed E-state index contributed by atoms with van der Waals surface area (Å²) in [7, 11) is 0. The number of carbonyl (C=O) groups excluding carboxylic acids is 3. The molecule has 7 nitrogen and oxygen atoms in total. The van der Waals surface area contributed by atoms with E-state index in [2.05, 4.69) is 15.8 Å². The van der Waals surface area contributed by atoms with Crippen molar-refractivity contribution >= 4 is 28.7 Å².